The van der Waals surface area contributed by atoms with Gasteiger partial charge >= 0.3 is 5.97 Å². The van der Waals surface area contributed by atoms with E-state index in [0.29, 0.717) is 16.9 Å². The molecule has 0 radical (unpaired) electrons. The fourth-order valence-corrected chi connectivity index (χ4v) is 2.39. The number of rotatable bonds is 6. The summed E-state index contributed by atoms with van der Waals surface area (Å²) in [7, 11) is 0. The summed E-state index contributed by atoms with van der Waals surface area (Å²) in [4.78, 5) is 35.7. The van der Waals surface area contributed by atoms with Crippen LogP contribution in [0.25, 0.3) is 0 Å². The molecule has 0 aliphatic rings. The van der Waals surface area contributed by atoms with Crippen molar-refractivity contribution in [2.45, 2.75) is 11.8 Å². The number of anilines is 2. The number of amides is 2. The summed E-state index contributed by atoms with van der Waals surface area (Å²) in [6, 6.07) is 13.6. The normalized spacial score (nSPS) is 10.0. The van der Waals surface area contributed by atoms with E-state index in [-0.39, 0.29) is 12.5 Å². The maximum absolute atomic E-state index is 11.9. The van der Waals surface area contributed by atoms with Gasteiger partial charge in [0.2, 0.25) is 5.91 Å². The van der Waals surface area contributed by atoms with Crippen LogP contribution in [0, 0.1) is 0 Å². The number of carbonyl (C=O) groups excluding carboxylic acids is 3. The fraction of sp³-hybridized carbons (Fsp3) is 0.167. The van der Waals surface area contributed by atoms with Crippen molar-refractivity contribution >= 4 is 40.9 Å². The van der Waals surface area contributed by atoms with Crippen LogP contribution >= 0.6 is 11.8 Å². The lowest BCUT2D eigenvalue weighted by Gasteiger charge is -2.08. The molecule has 0 saturated heterocycles. The maximum atomic E-state index is 11.9. The van der Waals surface area contributed by atoms with Gasteiger partial charge in [0.15, 0.2) is 6.61 Å². The average Bonchev–Trinajstić information content (AvgIpc) is 2.61. The summed E-state index contributed by atoms with van der Waals surface area (Å²) in [5.74, 6) is -1.17. The van der Waals surface area contributed by atoms with Gasteiger partial charge in [-0.15, -0.1) is 11.8 Å². The van der Waals surface area contributed by atoms with Crippen LogP contribution in [0.1, 0.15) is 17.3 Å². The Hall–Kier alpha value is -2.80. The minimum Gasteiger partial charge on any atom is -0.452 e. The van der Waals surface area contributed by atoms with Gasteiger partial charge in [-0.05, 0) is 54.8 Å². The van der Waals surface area contributed by atoms with E-state index in [1.807, 2.05) is 18.4 Å². The van der Waals surface area contributed by atoms with Crippen molar-refractivity contribution in [3.8, 4) is 0 Å². The molecule has 2 aromatic rings. The highest BCUT2D eigenvalue weighted by Gasteiger charge is 2.10. The van der Waals surface area contributed by atoms with Crippen molar-refractivity contribution in [1.29, 1.82) is 0 Å². The topological polar surface area (TPSA) is 84.5 Å². The van der Waals surface area contributed by atoms with Crippen LogP contribution < -0.4 is 10.6 Å². The second kappa shape index (κ2) is 8.89. The van der Waals surface area contributed by atoms with E-state index in [0.717, 1.165) is 4.90 Å². The van der Waals surface area contributed by atoms with Crippen LogP contribution in [0.5, 0.6) is 0 Å². The van der Waals surface area contributed by atoms with Gasteiger partial charge in [-0.2, -0.15) is 0 Å². The largest absolute Gasteiger partial charge is 0.452 e. The number of ether oxygens (including phenoxy) is 1. The van der Waals surface area contributed by atoms with Gasteiger partial charge in [-0.3, -0.25) is 9.59 Å². The first-order chi connectivity index (χ1) is 12.0. The lowest BCUT2D eigenvalue weighted by Crippen LogP contribution is -2.20. The SMILES string of the molecule is CSc1ccc(C(=O)OCC(=O)Nc2ccc(NC(C)=O)cc2)cc1. The van der Waals surface area contributed by atoms with Crippen molar-refractivity contribution in [2.24, 2.45) is 0 Å². The van der Waals surface area contributed by atoms with Gasteiger partial charge in [0.1, 0.15) is 0 Å². The van der Waals surface area contributed by atoms with Gasteiger partial charge in [-0.1, -0.05) is 0 Å². The summed E-state index contributed by atoms with van der Waals surface area (Å²) in [5.41, 5.74) is 1.57. The summed E-state index contributed by atoms with van der Waals surface area (Å²) < 4.78 is 5.00. The first-order valence-corrected chi connectivity index (χ1v) is 8.69. The zero-order chi connectivity index (χ0) is 18.2. The van der Waals surface area contributed by atoms with Crippen molar-refractivity contribution in [1.82, 2.24) is 0 Å². The van der Waals surface area contributed by atoms with Crippen molar-refractivity contribution in [3.05, 3.63) is 54.1 Å². The van der Waals surface area contributed by atoms with Gasteiger partial charge < -0.3 is 15.4 Å². The Balaban J connectivity index is 1.83. The summed E-state index contributed by atoms with van der Waals surface area (Å²) in [6.45, 7) is 1.04. The summed E-state index contributed by atoms with van der Waals surface area (Å²) >= 11 is 1.57. The number of nitrogens with one attached hydrogen (secondary N) is 2. The van der Waals surface area contributed by atoms with E-state index in [2.05, 4.69) is 10.6 Å². The minimum atomic E-state index is -0.552. The van der Waals surface area contributed by atoms with Crippen LogP contribution in [-0.2, 0) is 14.3 Å². The fourth-order valence-electron chi connectivity index (χ4n) is 1.98. The lowest BCUT2D eigenvalue weighted by molar-refractivity contribution is -0.119. The lowest BCUT2D eigenvalue weighted by atomic mass is 10.2. The second-order valence-electron chi connectivity index (χ2n) is 5.11. The van der Waals surface area contributed by atoms with Gasteiger partial charge in [0.05, 0.1) is 5.56 Å². The molecular weight excluding hydrogens is 340 g/mol. The summed E-state index contributed by atoms with van der Waals surface area (Å²) in [6.07, 6.45) is 1.94. The molecule has 0 atom stereocenters. The predicted octanol–water partition coefficient (Wildman–Crippen LogP) is 3.16. The first kappa shape index (κ1) is 18.5. The molecular formula is C18H18N2O4S. The summed E-state index contributed by atoms with van der Waals surface area (Å²) in [5, 5.41) is 5.24. The average molecular weight is 358 g/mol. The van der Waals surface area contributed by atoms with Gasteiger partial charge in [0.25, 0.3) is 5.91 Å². The molecule has 0 saturated carbocycles. The molecule has 0 bridgehead atoms. The van der Waals surface area contributed by atoms with Crippen LogP contribution in [0.15, 0.2) is 53.4 Å². The Bertz CT molecular complexity index is 758. The van der Waals surface area contributed by atoms with Crippen LogP contribution in [0.3, 0.4) is 0 Å². The Morgan fingerprint density at radius 3 is 2.00 bits per heavy atom. The Labute approximate surface area is 149 Å². The molecule has 0 fully saturated rings. The molecule has 7 heteroatoms. The van der Waals surface area contributed by atoms with Crippen LogP contribution in [0.4, 0.5) is 11.4 Å². The molecule has 0 heterocycles. The Morgan fingerprint density at radius 2 is 1.48 bits per heavy atom. The molecule has 6 nitrogen and oxygen atoms in total. The second-order valence-corrected chi connectivity index (χ2v) is 5.99. The molecule has 2 rings (SSSR count). The van der Waals surface area contributed by atoms with Crippen LogP contribution in [0.2, 0.25) is 0 Å². The van der Waals surface area contributed by atoms with E-state index in [9.17, 15) is 14.4 Å². The van der Waals surface area contributed by atoms with Crippen molar-refractivity contribution < 1.29 is 19.1 Å². The van der Waals surface area contributed by atoms with E-state index in [4.69, 9.17) is 4.74 Å². The van der Waals surface area contributed by atoms with Crippen molar-refractivity contribution in [2.75, 3.05) is 23.5 Å². The molecule has 0 spiro atoms. The van der Waals surface area contributed by atoms with E-state index in [1.54, 1.807) is 48.2 Å². The molecule has 0 aliphatic carbocycles. The maximum Gasteiger partial charge on any atom is 0.338 e. The third-order valence-electron chi connectivity index (χ3n) is 3.15. The smallest absolute Gasteiger partial charge is 0.338 e. The molecule has 130 valence electrons. The molecule has 2 amide bonds. The van der Waals surface area contributed by atoms with E-state index >= 15 is 0 Å². The highest BCUT2D eigenvalue weighted by Crippen LogP contribution is 2.16. The number of carbonyl (C=O) groups is 3. The molecule has 0 aliphatic heterocycles. The van der Waals surface area contributed by atoms with Gasteiger partial charge in [0, 0.05) is 23.2 Å². The third kappa shape index (κ3) is 5.96. The molecule has 2 N–H and O–H groups in total. The standard InChI is InChI=1S/C18H18N2O4S/c1-12(21)19-14-5-7-15(8-6-14)20-17(22)11-24-18(23)13-3-9-16(25-2)10-4-13/h3-10H,11H2,1-2H3,(H,19,21)(H,20,22). The zero-order valence-corrected chi connectivity index (χ0v) is 14.7. The van der Waals surface area contributed by atoms with Crippen molar-refractivity contribution in [3.63, 3.8) is 0 Å². The number of benzene rings is 2. The first-order valence-electron chi connectivity index (χ1n) is 7.46. The molecule has 2 aromatic carbocycles. The van der Waals surface area contributed by atoms with Gasteiger partial charge in [-0.25, -0.2) is 4.79 Å². The minimum absolute atomic E-state index is 0.172. The number of esters is 1. The number of hydrogen-bond donors (Lipinski definition) is 2. The molecule has 0 unspecified atom stereocenters. The number of hydrogen-bond acceptors (Lipinski definition) is 5. The Kier molecular flexibility index (Phi) is 6.59. The molecule has 25 heavy (non-hydrogen) atoms. The van der Waals surface area contributed by atoms with E-state index in [1.165, 1.54) is 6.92 Å². The quantitative estimate of drug-likeness (QED) is 0.612. The predicted molar refractivity (Wildman–Crippen MR) is 97.9 cm³/mol. The number of thioether (sulfide) groups is 1. The monoisotopic (exact) mass is 358 g/mol. The highest BCUT2D eigenvalue weighted by atomic mass is 32.2. The highest BCUT2D eigenvalue weighted by molar-refractivity contribution is 7.98. The third-order valence-corrected chi connectivity index (χ3v) is 3.89. The zero-order valence-electron chi connectivity index (χ0n) is 13.9. The van der Waals surface area contributed by atoms with E-state index < -0.39 is 11.9 Å². The van der Waals surface area contributed by atoms with Crippen LogP contribution in [-0.4, -0.2) is 30.6 Å². The Morgan fingerprint density at radius 1 is 0.920 bits per heavy atom. The molecule has 0 aromatic heterocycles.